The summed E-state index contributed by atoms with van der Waals surface area (Å²) in [6.07, 6.45) is 0. The van der Waals surface area contributed by atoms with Crippen molar-refractivity contribution in [1.82, 2.24) is 15.0 Å². The Labute approximate surface area is 377 Å². The van der Waals surface area contributed by atoms with Crippen LogP contribution in [0.2, 0.25) is 0 Å². The van der Waals surface area contributed by atoms with E-state index in [1.54, 1.807) is 0 Å². The molecule has 0 unspecified atom stereocenters. The number of hydrogen-bond donors (Lipinski definition) is 0. The maximum atomic E-state index is 5.14. The van der Waals surface area contributed by atoms with E-state index in [0.717, 1.165) is 22.3 Å². The SMILES string of the molecule is c1ccc(-c2nc(-c3ccc(-c4cc5ccc6cccc7c8cccc9ccc%10cccc(c(c4)c5c67)c%10c98)cc3)nc(-c3ccc(-c4cccc5c4sc4ccccc45)cc3)n2)cc1. The lowest BCUT2D eigenvalue weighted by atomic mass is 9.86. The van der Waals surface area contributed by atoms with Crippen molar-refractivity contribution in [3.63, 3.8) is 0 Å². The average Bonchev–Trinajstić information content (AvgIpc) is 3.76. The summed E-state index contributed by atoms with van der Waals surface area (Å²) >= 11 is 1.85. The second kappa shape index (κ2) is 14.1. The molecule has 0 atom stereocenters. The normalized spacial score (nSPS) is 12.0. The van der Waals surface area contributed by atoms with E-state index in [0.29, 0.717) is 17.5 Å². The van der Waals surface area contributed by atoms with Crippen molar-refractivity contribution in [3.05, 3.63) is 212 Å². The molecule has 4 heteroatoms. The van der Waals surface area contributed by atoms with Crippen molar-refractivity contribution in [2.24, 2.45) is 0 Å². The molecule has 0 bridgehead atoms. The molecule has 0 amide bonds. The molecule has 65 heavy (non-hydrogen) atoms. The fourth-order valence-electron chi connectivity index (χ4n) is 10.4. The van der Waals surface area contributed by atoms with E-state index in [4.69, 9.17) is 15.0 Å². The summed E-state index contributed by atoms with van der Waals surface area (Å²) in [7, 11) is 0. The Morgan fingerprint density at radius 1 is 0.262 bits per heavy atom. The minimum absolute atomic E-state index is 0.637. The molecule has 3 nitrogen and oxygen atoms in total. The van der Waals surface area contributed by atoms with Gasteiger partial charge in [-0.1, -0.05) is 194 Å². The van der Waals surface area contributed by atoms with Gasteiger partial charge in [-0.05, 0) is 105 Å². The third-order valence-electron chi connectivity index (χ3n) is 13.4. The van der Waals surface area contributed by atoms with Crippen molar-refractivity contribution < 1.29 is 0 Å². The van der Waals surface area contributed by atoms with Crippen LogP contribution < -0.4 is 0 Å². The van der Waals surface area contributed by atoms with Gasteiger partial charge in [0.25, 0.3) is 0 Å². The van der Waals surface area contributed by atoms with Gasteiger partial charge in [-0.25, -0.2) is 15.0 Å². The van der Waals surface area contributed by atoms with Gasteiger partial charge in [-0.15, -0.1) is 11.3 Å². The van der Waals surface area contributed by atoms with Gasteiger partial charge in [-0.3, -0.25) is 0 Å². The molecule has 300 valence electrons. The molecule has 0 radical (unpaired) electrons. The van der Waals surface area contributed by atoms with Gasteiger partial charge in [0.2, 0.25) is 0 Å². The van der Waals surface area contributed by atoms with Crippen molar-refractivity contribution in [2.75, 3.05) is 0 Å². The molecule has 0 aliphatic carbocycles. The molecule has 2 aromatic heterocycles. The monoisotopic (exact) mass is 841 g/mol. The lowest BCUT2D eigenvalue weighted by Crippen LogP contribution is -2.00. The van der Waals surface area contributed by atoms with Crippen molar-refractivity contribution >= 4 is 96.1 Å². The molecular formula is C61H35N3S. The first-order valence-electron chi connectivity index (χ1n) is 22.1. The molecular weight excluding hydrogens is 807 g/mol. The summed E-state index contributed by atoms with van der Waals surface area (Å²) in [5, 5.41) is 17.9. The lowest BCUT2D eigenvalue weighted by molar-refractivity contribution is 1.07. The third-order valence-corrected chi connectivity index (χ3v) is 14.6. The zero-order chi connectivity index (χ0) is 42.6. The van der Waals surface area contributed by atoms with E-state index in [-0.39, 0.29) is 0 Å². The highest BCUT2D eigenvalue weighted by molar-refractivity contribution is 7.26. The van der Waals surface area contributed by atoms with Crippen LogP contribution in [0.1, 0.15) is 0 Å². The lowest BCUT2D eigenvalue weighted by Gasteiger charge is -2.17. The Bertz CT molecular complexity index is 4200. The first-order valence-corrected chi connectivity index (χ1v) is 22.9. The van der Waals surface area contributed by atoms with Gasteiger partial charge < -0.3 is 0 Å². The van der Waals surface area contributed by atoms with Crippen molar-refractivity contribution in [1.29, 1.82) is 0 Å². The second-order valence-electron chi connectivity index (χ2n) is 17.1. The summed E-state index contributed by atoms with van der Waals surface area (Å²) in [5.74, 6) is 1.92. The van der Waals surface area contributed by atoms with E-state index in [2.05, 4.69) is 194 Å². The van der Waals surface area contributed by atoms with Crippen LogP contribution in [-0.2, 0) is 0 Å². The van der Waals surface area contributed by atoms with Gasteiger partial charge in [-0.2, -0.15) is 0 Å². The molecule has 0 saturated heterocycles. The average molecular weight is 842 g/mol. The summed E-state index contributed by atoms with van der Waals surface area (Å²) in [6, 6.07) is 77.1. The van der Waals surface area contributed by atoms with E-state index < -0.39 is 0 Å². The van der Waals surface area contributed by atoms with Crippen LogP contribution in [0.5, 0.6) is 0 Å². The van der Waals surface area contributed by atoms with Crippen LogP contribution in [-0.4, -0.2) is 15.0 Å². The van der Waals surface area contributed by atoms with Crippen LogP contribution >= 0.6 is 11.3 Å². The van der Waals surface area contributed by atoms with Crippen LogP contribution in [0.3, 0.4) is 0 Å². The topological polar surface area (TPSA) is 38.7 Å². The van der Waals surface area contributed by atoms with E-state index >= 15 is 0 Å². The Hall–Kier alpha value is -8.31. The summed E-state index contributed by atoms with van der Waals surface area (Å²) in [6.45, 7) is 0. The van der Waals surface area contributed by atoms with Crippen LogP contribution in [0.4, 0.5) is 0 Å². The van der Waals surface area contributed by atoms with Crippen LogP contribution in [0.25, 0.3) is 141 Å². The van der Waals surface area contributed by atoms with Gasteiger partial charge in [0, 0.05) is 36.9 Å². The molecule has 14 rings (SSSR count). The van der Waals surface area contributed by atoms with Crippen molar-refractivity contribution in [2.45, 2.75) is 0 Å². The first kappa shape index (κ1) is 36.2. The highest BCUT2D eigenvalue weighted by Crippen LogP contribution is 2.45. The zero-order valence-electron chi connectivity index (χ0n) is 35.0. The minimum Gasteiger partial charge on any atom is -0.208 e. The molecule has 0 aliphatic heterocycles. The highest BCUT2D eigenvalue weighted by Gasteiger charge is 2.18. The third kappa shape index (κ3) is 5.64. The molecule has 0 N–H and O–H groups in total. The molecule has 0 aliphatic rings. The Morgan fingerprint density at radius 3 is 1.32 bits per heavy atom. The molecule has 0 saturated carbocycles. The number of thiophene rings is 1. The summed E-state index contributed by atoms with van der Waals surface area (Å²) in [5.41, 5.74) is 7.52. The van der Waals surface area contributed by atoms with Crippen LogP contribution in [0, 0.1) is 0 Å². The first-order chi connectivity index (χ1) is 32.2. The predicted molar refractivity (Wildman–Crippen MR) is 276 cm³/mol. The van der Waals surface area contributed by atoms with Crippen LogP contribution in [0.15, 0.2) is 212 Å². The van der Waals surface area contributed by atoms with Crippen molar-refractivity contribution in [3.8, 4) is 56.4 Å². The van der Waals surface area contributed by atoms with E-state index in [1.165, 1.54) is 101 Å². The molecule has 2 heterocycles. The fourth-order valence-corrected chi connectivity index (χ4v) is 11.6. The second-order valence-corrected chi connectivity index (χ2v) is 18.1. The largest absolute Gasteiger partial charge is 0.208 e. The van der Waals surface area contributed by atoms with E-state index in [1.807, 2.05) is 29.5 Å². The van der Waals surface area contributed by atoms with Gasteiger partial charge in [0.1, 0.15) is 0 Å². The summed E-state index contributed by atoms with van der Waals surface area (Å²) < 4.78 is 2.61. The Balaban J connectivity index is 0.901. The number of fused-ring (bicyclic) bond motifs is 5. The standard InChI is InChI=1S/C61H35N3S/c1-2-10-41(11-3-1)59-62-60(64-61(63-59)43-31-24-37(25-32-43)46-16-9-20-51-47-15-4-5-21-53(47)65-58(46)51)42-29-22-36(23-30-42)45-34-44-33-28-40-13-7-18-49-48-17-6-12-38-26-27-39-14-8-19-50(56(39)54(38)48)52(35-45)57(44)55(40)49/h1-35H. The number of hydrogen-bond acceptors (Lipinski definition) is 4. The zero-order valence-corrected chi connectivity index (χ0v) is 35.8. The van der Waals surface area contributed by atoms with Gasteiger partial charge in [0.05, 0.1) is 0 Å². The Morgan fingerprint density at radius 2 is 0.708 bits per heavy atom. The maximum absolute atomic E-state index is 5.14. The number of aromatic nitrogens is 3. The smallest absolute Gasteiger partial charge is 0.164 e. The maximum Gasteiger partial charge on any atom is 0.164 e. The molecule has 14 aromatic rings. The summed E-state index contributed by atoms with van der Waals surface area (Å²) in [4.78, 5) is 15.3. The predicted octanol–water partition coefficient (Wildman–Crippen LogP) is 16.9. The van der Waals surface area contributed by atoms with Gasteiger partial charge >= 0.3 is 0 Å². The minimum atomic E-state index is 0.637. The fraction of sp³-hybridized carbons (Fsp3) is 0. The quantitative estimate of drug-likeness (QED) is 0.162. The molecule has 0 fully saturated rings. The number of rotatable bonds is 5. The highest BCUT2D eigenvalue weighted by atomic mass is 32.1. The number of nitrogens with zero attached hydrogens (tertiary/aromatic N) is 3. The number of benzene rings is 11. The molecule has 0 spiro atoms. The van der Waals surface area contributed by atoms with E-state index in [9.17, 15) is 0 Å². The Kier molecular flexibility index (Phi) is 7.85. The van der Waals surface area contributed by atoms with Gasteiger partial charge in [0.15, 0.2) is 17.5 Å². The molecule has 12 aromatic carbocycles.